The minimum absolute atomic E-state index is 0.0353. The van der Waals surface area contributed by atoms with Gasteiger partial charge in [-0.2, -0.15) is 0 Å². The van der Waals surface area contributed by atoms with Crippen molar-refractivity contribution >= 4 is 17.2 Å². The monoisotopic (exact) mass is 332 g/mol. The Bertz CT molecular complexity index is 622. The summed E-state index contributed by atoms with van der Waals surface area (Å²) in [7, 11) is 0. The summed E-state index contributed by atoms with van der Waals surface area (Å²) in [6, 6.07) is 8.05. The fourth-order valence-electron chi connectivity index (χ4n) is 2.21. The molecule has 0 fully saturated rings. The maximum absolute atomic E-state index is 11.9. The highest BCUT2D eigenvalue weighted by atomic mass is 32.1. The number of rotatable bonds is 8. The molecule has 1 unspecified atom stereocenters. The molecule has 1 aromatic carbocycles. The van der Waals surface area contributed by atoms with Gasteiger partial charge in [0.1, 0.15) is 5.75 Å². The van der Waals surface area contributed by atoms with Gasteiger partial charge in [0.25, 0.3) is 0 Å². The summed E-state index contributed by atoms with van der Waals surface area (Å²) in [5.41, 5.74) is 2.22. The molecule has 2 rings (SSSR count). The molecule has 124 valence electrons. The van der Waals surface area contributed by atoms with E-state index >= 15 is 0 Å². The van der Waals surface area contributed by atoms with Crippen LogP contribution >= 0.6 is 11.3 Å². The second kappa shape index (κ2) is 8.67. The number of hydrogen-bond acceptors (Lipinski definition) is 4. The number of amides is 1. The number of aryl methyl sites for hydroxylation is 2. The molecule has 0 aliphatic carbocycles. The molecule has 1 aromatic heterocycles. The smallest absolute Gasteiger partial charge is 0.220 e. The molecular formula is C18H24N2O2S. The molecule has 2 aromatic rings. The summed E-state index contributed by atoms with van der Waals surface area (Å²) in [5, 5.41) is 5.98. The summed E-state index contributed by atoms with van der Waals surface area (Å²) < 4.78 is 5.66. The van der Waals surface area contributed by atoms with Crippen molar-refractivity contribution in [2.75, 3.05) is 6.61 Å². The Morgan fingerprint density at radius 1 is 1.35 bits per heavy atom. The number of carbonyl (C=O) groups excluding carboxylic acids is 1. The van der Waals surface area contributed by atoms with E-state index in [-0.39, 0.29) is 11.9 Å². The Labute approximate surface area is 141 Å². The quantitative estimate of drug-likeness (QED) is 0.742. The van der Waals surface area contributed by atoms with Crippen molar-refractivity contribution in [3.63, 3.8) is 0 Å². The first kappa shape index (κ1) is 17.5. The second-order valence-corrected chi connectivity index (χ2v) is 6.59. The van der Waals surface area contributed by atoms with E-state index in [2.05, 4.69) is 29.4 Å². The Hall–Kier alpha value is -1.88. The van der Waals surface area contributed by atoms with Crippen LogP contribution in [0.25, 0.3) is 0 Å². The van der Waals surface area contributed by atoms with Crippen LogP contribution in [0.3, 0.4) is 0 Å². The predicted molar refractivity (Wildman–Crippen MR) is 94.0 cm³/mol. The van der Waals surface area contributed by atoms with Crippen molar-refractivity contribution in [2.45, 2.75) is 46.1 Å². The molecule has 0 spiro atoms. The van der Waals surface area contributed by atoms with E-state index < -0.39 is 0 Å². The highest BCUT2D eigenvalue weighted by molar-refractivity contribution is 7.09. The average Bonchev–Trinajstić information content (AvgIpc) is 2.99. The molecule has 5 heteroatoms. The first-order valence-electron chi connectivity index (χ1n) is 8.01. The van der Waals surface area contributed by atoms with Crippen LogP contribution in [0.2, 0.25) is 0 Å². The predicted octanol–water partition coefficient (Wildman–Crippen LogP) is 4.05. The normalized spacial score (nSPS) is 12.0. The summed E-state index contributed by atoms with van der Waals surface area (Å²) >= 11 is 1.60. The Balaban J connectivity index is 1.66. The standard InChI is InChI=1S/C18H24N2O2S/c1-4-15-7-9-16(10-8-15)22-11-5-6-18(21)19-13(2)17-12-23-14(3)20-17/h7-10,12-13H,4-6,11H2,1-3H3,(H,19,21). The maximum Gasteiger partial charge on any atom is 0.220 e. The van der Waals surface area contributed by atoms with Crippen LogP contribution in [0.15, 0.2) is 29.6 Å². The van der Waals surface area contributed by atoms with Crippen LogP contribution in [0.1, 0.15) is 49.0 Å². The van der Waals surface area contributed by atoms with E-state index in [1.165, 1.54) is 5.56 Å². The van der Waals surface area contributed by atoms with Crippen LogP contribution in [-0.4, -0.2) is 17.5 Å². The van der Waals surface area contributed by atoms with Gasteiger partial charge in [-0.25, -0.2) is 4.98 Å². The van der Waals surface area contributed by atoms with Crippen LogP contribution in [0.5, 0.6) is 5.75 Å². The Morgan fingerprint density at radius 3 is 2.70 bits per heavy atom. The third-order valence-corrected chi connectivity index (χ3v) is 4.40. The minimum atomic E-state index is -0.0463. The first-order valence-corrected chi connectivity index (χ1v) is 8.89. The topological polar surface area (TPSA) is 51.2 Å². The van der Waals surface area contributed by atoms with Crippen molar-refractivity contribution in [1.82, 2.24) is 10.3 Å². The zero-order valence-corrected chi connectivity index (χ0v) is 14.8. The van der Waals surface area contributed by atoms with Gasteiger partial charge in [0, 0.05) is 11.8 Å². The molecule has 1 heterocycles. The van der Waals surface area contributed by atoms with E-state index in [4.69, 9.17) is 4.74 Å². The molecule has 0 saturated carbocycles. The van der Waals surface area contributed by atoms with Crippen LogP contribution in [0.4, 0.5) is 0 Å². The summed E-state index contributed by atoms with van der Waals surface area (Å²) in [6.07, 6.45) is 2.18. The SMILES string of the molecule is CCc1ccc(OCCCC(=O)NC(C)c2csc(C)n2)cc1. The summed E-state index contributed by atoms with van der Waals surface area (Å²) in [6.45, 7) is 6.59. The number of aromatic nitrogens is 1. The van der Waals surface area contributed by atoms with Crippen LogP contribution < -0.4 is 10.1 Å². The minimum Gasteiger partial charge on any atom is -0.494 e. The number of nitrogens with zero attached hydrogens (tertiary/aromatic N) is 1. The molecule has 1 atom stereocenters. The van der Waals surface area contributed by atoms with Gasteiger partial charge < -0.3 is 10.1 Å². The fraction of sp³-hybridized carbons (Fsp3) is 0.444. The Morgan fingerprint density at radius 2 is 2.09 bits per heavy atom. The van der Waals surface area contributed by atoms with Crippen LogP contribution in [-0.2, 0) is 11.2 Å². The second-order valence-electron chi connectivity index (χ2n) is 5.53. The van der Waals surface area contributed by atoms with Gasteiger partial charge in [-0.1, -0.05) is 19.1 Å². The number of benzene rings is 1. The number of ether oxygens (including phenoxy) is 1. The van der Waals surface area contributed by atoms with Gasteiger partial charge in [0.2, 0.25) is 5.91 Å². The first-order chi connectivity index (χ1) is 11.1. The lowest BCUT2D eigenvalue weighted by Gasteiger charge is -2.12. The molecule has 4 nitrogen and oxygen atoms in total. The van der Waals surface area contributed by atoms with E-state index in [9.17, 15) is 4.79 Å². The van der Waals surface area contributed by atoms with Gasteiger partial charge in [-0.05, 0) is 44.4 Å². The molecule has 1 N–H and O–H groups in total. The molecule has 0 aliphatic heterocycles. The van der Waals surface area contributed by atoms with Gasteiger partial charge in [0.15, 0.2) is 0 Å². The van der Waals surface area contributed by atoms with E-state index in [0.717, 1.165) is 22.9 Å². The summed E-state index contributed by atoms with van der Waals surface area (Å²) in [4.78, 5) is 16.3. The average molecular weight is 332 g/mol. The third kappa shape index (κ3) is 5.67. The molecular weight excluding hydrogens is 308 g/mol. The molecule has 0 aliphatic rings. The number of nitrogens with one attached hydrogen (secondary N) is 1. The highest BCUT2D eigenvalue weighted by Crippen LogP contribution is 2.16. The van der Waals surface area contributed by atoms with Crippen molar-refractivity contribution < 1.29 is 9.53 Å². The number of hydrogen-bond donors (Lipinski definition) is 1. The number of carbonyl (C=O) groups is 1. The zero-order chi connectivity index (χ0) is 16.7. The van der Waals surface area contributed by atoms with E-state index in [0.29, 0.717) is 19.4 Å². The molecule has 0 radical (unpaired) electrons. The highest BCUT2D eigenvalue weighted by Gasteiger charge is 2.11. The van der Waals surface area contributed by atoms with Crippen molar-refractivity contribution in [1.29, 1.82) is 0 Å². The third-order valence-electron chi connectivity index (χ3n) is 3.61. The largest absolute Gasteiger partial charge is 0.494 e. The van der Waals surface area contributed by atoms with E-state index in [1.54, 1.807) is 11.3 Å². The van der Waals surface area contributed by atoms with E-state index in [1.807, 2.05) is 31.4 Å². The van der Waals surface area contributed by atoms with Crippen molar-refractivity contribution in [3.05, 3.63) is 45.9 Å². The van der Waals surface area contributed by atoms with Gasteiger partial charge >= 0.3 is 0 Å². The van der Waals surface area contributed by atoms with Gasteiger partial charge in [-0.3, -0.25) is 4.79 Å². The Kier molecular flexibility index (Phi) is 6.59. The lowest BCUT2D eigenvalue weighted by Crippen LogP contribution is -2.27. The van der Waals surface area contributed by atoms with Gasteiger partial charge in [0.05, 0.1) is 23.4 Å². The lowest BCUT2D eigenvalue weighted by atomic mass is 10.2. The molecule has 23 heavy (non-hydrogen) atoms. The zero-order valence-electron chi connectivity index (χ0n) is 14.0. The van der Waals surface area contributed by atoms with Crippen molar-refractivity contribution in [3.8, 4) is 5.75 Å². The fourth-order valence-corrected chi connectivity index (χ4v) is 2.92. The summed E-state index contributed by atoms with van der Waals surface area (Å²) in [5.74, 6) is 0.891. The van der Waals surface area contributed by atoms with Crippen molar-refractivity contribution in [2.24, 2.45) is 0 Å². The van der Waals surface area contributed by atoms with Crippen LogP contribution in [0, 0.1) is 6.92 Å². The lowest BCUT2D eigenvalue weighted by molar-refractivity contribution is -0.122. The van der Waals surface area contributed by atoms with Gasteiger partial charge in [-0.15, -0.1) is 11.3 Å². The number of thiazole rings is 1. The molecule has 1 amide bonds. The maximum atomic E-state index is 11.9. The molecule has 0 bridgehead atoms. The molecule has 0 saturated heterocycles.